The van der Waals surface area contributed by atoms with Gasteiger partial charge in [-0.2, -0.15) is 0 Å². The summed E-state index contributed by atoms with van der Waals surface area (Å²) in [4.78, 5) is 40.3. The van der Waals surface area contributed by atoms with Crippen LogP contribution in [-0.4, -0.2) is 73.6 Å². The van der Waals surface area contributed by atoms with Crippen LogP contribution in [0, 0.1) is 34.6 Å². The highest BCUT2D eigenvalue weighted by Gasteiger charge is 2.43. The zero-order valence-electron chi connectivity index (χ0n) is 80.6. The van der Waals surface area contributed by atoms with Crippen LogP contribution in [0.3, 0.4) is 0 Å². The number of hydrogen-bond acceptors (Lipinski definition) is 19. The highest BCUT2D eigenvalue weighted by Crippen LogP contribution is 2.55. The minimum atomic E-state index is -2.17. The number of para-hydroxylation sites is 8. The average molecular weight is 1760 g/mol. The molecule has 0 bridgehead atoms. The first-order valence-electron chi connectivity index (χ1n) is 47.6. The molecule has 19 nitrogen and oxygen atoms in total. The van der Waals surface area contributed by atoms with Crippen LogP contribution in [0.2, 0.25) is 0 Å². The topological polar surface area (TPSA) is 150 Å². The largest absolute Gasteiger partial charge is 0.454 e. The van der Waals surface area contributed by atoms with Crippen molar-refractivity contribution >= 4 is 190 Å². The summed E-state index contributed by atoms with van der Waals surface area (Å²) in [6, 6.07) is 101. The summed E-state index contributed by atoms with van der Waals surface area (Å²) >= 11 is 0. The van der Waals surface area contributed by atoms with Gasteiger partial charge in [-0.3, -0.25) is 9.80 Å². The molecule has 0 aliphatic carbocycles. The molecule has 21 aromatic rings. The minimum absolute atomic E-state index is 0.0117. The van der Waals surface area contributed by atoms with Gasteiger partial charge in [0.25, 0.3) is 0 Å². The van der Waals surface area contributed by atoms with Gasteiger partial charge in [0.05, 0.1) is 41.2 Å². The second-order valence-electron chi connectivity index (χ2n) is 35.0. The number of aryl methyl sites for hydroxylation is 5. The molecule has 0 spiro atoms. The molecule has 134 heavy (non-hydrogen) atoms. The Morgan fingerprint density at radius 3 is 0.933 bits per heavy atom. The molecule has 5 aliphatic rings. The Morgan fingerprint density at radius 1 is 0.261 bits per heavy atom. The van der Waals surface area contributed by atoms with Crippen molar-refractivity contribution in [1.82, 2.24) is 29.7 Å². The molecule has 13 aromatic carbocycles. The lowest BCUT2D eigenvalue weighted by atomic mass is 10.1. The van der Waals surface area contributed by atoms with Crippen molar-refractivity contribution in [1.29, 1.82) is 0 Å². The first-order valence-corrected chi connectivity index (χ1v) is 45.6. The minimum Gasteiger partial charge on any atom is -0.454 e. The van der Waals surface area contributed by atoms with E-state index in [2.05, 4.69) is 271 Å². The summed E-state index contributed by atoms with van der Waals surface area (Å²) in [5.74, 6) is 3.60. The molecule has 5 unspecified atom stereocenters. The maximum Gasteiger partial charge on any atom is 0.178 e. The van der Waals surface area contributed by atoms with Gasteiger partial charge in [0, 0.05) is 138 Å². The Hall–Kier alpha value is -16.3. The summed E-state index contributed by atoms with van der Waals surface area (Å²) < 4.78 is 62.8. The normalized spacial score (nSPS) is 17.2. The van der Waals surface area contributed by atoms with Crippen LogP contribution in [-0.2, 0) is 0 Å². The highest BCUT2D eigenvalue weighted by atomic mass is 16.3. The average Bonchev–Trinajstić information content (AvgIpc) is 1.58. The molecule has 0 saturated carbocycles. The molecule has 5 aliphatic heterocycles. The summed E-state index contributed by atoms with van der Waals surface area (Å²) in [7, 11) is 0. The third-order valence-electron chi connectivity index (χ3n) is 26.7. The summed E-state index contributed by atoms with van der Waals surface area (Å²) in [6.07, 6.45) is 14.6. The van der Waals surface area contributed by atoms with Gasteiger partial charge in [-0.25, -0.2) is 19.9 Å². The standard InChI is InChI=1S/2C26H21N3O.C25H20N4O.C20H22N2O.C18H18N2O/c1-17-14-15-21-20-11-6-7-13-23(20)30-25(21)24(17)29-18(2)28(19-9-4-3-5-10-19)26-22(29)12-8-16-27-26;1-17-14-15-21-20-11-6-7-13-23(20)30-25(21)24(17)29-18(2)28(19-9-4-3-5-10-19)22-12-8-16-27-26(22)29;1-16-12-13-20-19-10-6-7-11-21(19)30-23(20)22(16)29-17(2)28(18-8-4-3-5-9-18)24-25(29)27-15-14-26-24;1-13(2)21-11-12-22(15(21)4)19-14(3)9-10-17-16-7-5-6-8-18(16)23-20(17)19;1-12-8-9-15-14-6-4-5-7-16(14)21-18(15)17(12)20-11-10-19(3)13(20)2/h2*3-16,18H,1-2H3;3-15,17H,1-2H3;5-13,15H,1-4H3;4-11,13H,1-3H3/i;;;13D;3D3. The monoisotopic (exact) mass is 1760 g/mol. The molecule has 5 atom stereocenters. The predicted octanol–water partition coefficient (Wildman–Crippen LogP) is 29.9. The molecule has 19 heteroatoms. The second-order valence-corrected chi connectivity index (χ2v) is 35.0. The molecule has 0 radical (unpaired) electrons. The molecule has 662 valence electrons. The van der Waals surface area contributed by atoms with Crippen molar-refractivity contribution < 1.29 is 27.6 Å². The van der Waals surface area contributed by atoms with Crippen molar-refractivity contribution in [2.75, 3.05) is 46.2 Å². The van der Waals surface area contributed by atoms with E-state index in [1.54, 1.807) is 18.6 Å². The SMILES string of the molecule is Cc1ccc2c(oc3ccccc32)c1N1c2cccnc2N(c2ccccc2)C1C.Cc1ccc2c(oc3ccccc32)c1N1c2ncccc2N(c2ccccc2)C1C.Cc1ccc2c(oc3ccccc32)c1N1c2nccnc2N(c2ccccc2)C1C.[2H]C(C)(C)N1C=CN(c2c(C)ccc3c2oc2ccccc23)C1C.[2H]C([2H])([2H])N1C=CN(c2c(C)ccc3c2oc2ccccc23)C1C. The third kappa shape index (κ3) is 13.9. The van der Waals surface area contributed by atoms with E-state index < -0.39 is 13.0 Å². The molecule has 26 rings (SSSR count). The molecule has 13 heterocycles. The van der Waals surface area contributed by atoms with Crippen molar-refractivity contribution in [3.05, 3.63) is 375 Å². The molecular formula is C115H102N14O5. The van der Waals surface area contributed by atoms with E-state index in [9.17, 15) is 0 Å². The number of rotatable bonds is 9. The van der Waals surface area contributed by atoms with Crippen molar-refractivity contribution in [2.45, 2.75) is 120 Å². The lowest BCUT2D eigenvalue weighted by Crippen LogP contribution is -2.39. The molecule has 0 amide bonds. The fraction of sp³-hybridized carbons (Fsp3) is 0.165. The fourth-order valence-corrected chi connectivity index (χ4v) is 20.3. The quantitative estimate of drug-likeness (QED) is 0.135. The van der Waals surface area contributed by atoms with E-state index in [0.717, 1.165) is 201 Å². The number of anilines is 14. The van der Waals surface area contributed by atoms with Crippen LogP contribution >= 0.6 is 0 Å². The Kier molecular flexibility index (Phi) is 19.9. The van der Waals surface area contributed by atoms with E-state index in [1.807, 2.05) is 190 Å². The van der Waals surface area contributed by atoms with Gasteiger partial charge in [-0.05, 0) is 202 Å². The smallest absolute Gasteiger partial charge is 0.178 e. The Labute approximate surface area is 783 Å². The van der Waals surface area contributed by atoms with Crippen LogP contribution in [0.5, 0.6) is 0 Å². The number of furan rings is 5. The van der Waals surface area contributed by atoms with E-state index in [0.29, 0.717) is 0 Å². The lowest BCUT2D eigenvalue weighted by molar-refractivity contribution is 0.263. The molecule has 0 N–H and O–H groups in total. The Bertz CT molecular complexity index is 7640. The highest BCUT2D eigenvalue weighted by molar-refractivity contribution is 6.15. The van der Waals surface area contributed by atoms with E-state index in [-0.39, 0.29) is 30.8 Å². The van der Waals surface area contributed by atoms with E-state index >= 15 is 0 Å². The third-order valence-corrected chi connectivity index (χ3v) is 26.7. The van der Waals surface area contributed by atoms with Crippen LogP contribution in [0.1, 0.15) is 81.8 Å². The van der Waals surface area contributed by atoms with E-state index in [4.69, 9.17) is 42.5 Å². The molecule has 0 saturated heterocycles. The zero-order chi connectivity index (χ0) is 94.8. The Balaban J connectivity index is 0.0000001000. The number of nitrogens with zero attached hydrogens (tertiary/aromatic N) is 14. The van der Waals surface area contributed by atoms with Crippen molar-refractivity contribution in [3.63, 3.8) is 0 Å². The Morgan fingerprint density at radius 2 is 0.552 bits per heavy atom. The molecule has 0 fully saturated rings. The number of pyridine rings is 2. The maximum atomic E-state index is 8.34. The fourth-order valence-electron chi connectivity index (χ4n) is 20.3. The van der Waals surface area contributed by atoms with Crippen LogP contribution in [0.4, 0.5) is 80.1 Å². The van der Waals surface area contributed by atoms with Crippen LogP contribution in [0.15, 0.2) is 369 Å². The molecule has 8 aromatic heterocycles. The lowest BCUT2D eigenvalue weighted by Gasteiger charge is -2.33. The van der Waals surface area contributed by atoms with Gasteiger partial charge in [0.1, 0.15) is 58.7 Å². The van der Waals surface area contributed by atoms with Crippen molar-refractivity contribution in [3.8, 4) is 0 Å². The maximum absolute atomic E-state index is 8.34. The number of benzene rings is 13. The summed E-state index contributed by atoms with van der Waals surface area (Å²) in [5, 5.41) is 11.2. The first-order chi connectivity index (χ1) is 67.0. The first kappa shape index (κ1) is 78.7. The van der Waals surface area contributed by atoms with Gasteiger partial charge in [-0.1, -0.05) is 206 Å². The van der Waals surface area contributed by atoms with Crippen LogP contribution in [0.25, 0.3) is 110 Å². The second kappa shape index (κ2) is 33.9. The number of aromatic nitrogens is 4. The summed E-state index contributed by atoms with van der Waals surface area (Å²) in [6.45, 7) is 22.8. The van der Waals surface area contributed by atoms with Crippen molar-refractivity contribution in [2.24, 2.45) is 0 Å². The van der Waals surface area contributed by atoms with Gasteiger partial charge in [-0.15, -0.1) is 0 Å². The number of fused-ring (bicyclic) bond motifs is 18. The summed E-state index contributed by atoms with van der Waals surface area (Å²) in [5.41, 5.74) is 25.4. The van der Waals surface area contributed by atoms with Crippen LogP contribution < -0.4 is 39.2 Å². The van der Waals surface area contributed by atoms with E-state index in [1.165, 1.54) is 21.6 Å². The number of hydrogen-bond donors (Lipinski definition) is 0. The van der Waals surface area contributed by atoms with Gasteiger partial charge < -0.3 is 61.3 Å². The zero-order valence-corrected chi connectivity index (χ0v) is 76.6. The van der Waals surface area contributed by atoms with Gasteiger partial charge >= 0.3 is 0 Å². The van der Waals surface area contributed by atoms with Gasteiger partial charge in [0.2, 0.25) is 0 Å². The van der Waals surface area contributed by atoms with Gasteiger partial charge in [0.15, 0.2) is 51.2 Å². The molecular weight excluding hydrogens is 1660 g/mol. The predicted molar refractivity (Wildman–Crippen MR) is 550 cm³/mol.